The van der Waals surface area contributed by atoms with Gasteiger partial charge in [-0.15, -0.1) is 0 Å². The van der Waals surface area contributed by atoms with E-state index < -0.39 is 0 Å². The molecule has 21 heavy (non-hydrogen) atoms. The first-order chi connectivity index (χ1) is 10.1. The summed E-state index contributed by atoms with van der Waals surface area (Å²) in [5.41, 5.74) is 1.19. The van der Waals surface area contributed by atoms with E-state index in [-0.39, 0.29) is 0 Å². The minimum Gasteiger partial charge on any atom is -0.363 e. The van der Waals surface area contributed by atoms with E-state index in [0.717, 1.165) is 50.8 Å². The van der Waals surface area contributed by atoms with Crippen LogP contribution in [0.2, 0.25) is 0 Å². The predicted molar refractivity (Wildman–Crippen MR) is 92.4 cm³/mol. The Balaban J connectivity index is 2.28. The first-order valence-electron chi connectivity index (χ1n) is 7.84. The van der Waals surface area contributed by atoms with Crippen LogP contribution in [-0.4, -0.2) is 57.9 Å². The molecule has 1 N–H and O–H groups in total. The summed E-state index contributed by atoms with van der Waals surface area (Å²) in [6.07, 6.45) is 2.95. The Labute approximate surface area is 134 Å². The molecule has 0 radical (unpaired) electrons. The molecule has 1 aromatic rings. The third-order valence-corrected chi connectivity index (χ3v) is 4.13. The summed E-state index contributed by atoms with van der Waals surface area (Å²) in [5.74, 6) is 0. The maximum absolute atomic E-state index is 5.44. The number of hydrogen-bond donors (Lipinski definition) is 1. The molecule has 0 fully saturated rings. The SMILES string of the molecule is CCN(CC)CCCNC(=S)N(C)Cc1ccnn1CC. The van der Waals surface area contributed by atoms with Crippen LogP contribution < -0.4 is 5.32 Å². The second-order valence-corrected chi connectivity index (χ2v) is 5.49. The molecule has 0 unspecified atom stereocenters. The van der Waals surface area contributed by atoms with Gasteiger partial charge in [0.15, 0.2) is 5.11 Å². The molecular weight excluding hydrogens is 282 g/mol. The molecule has 120 valence electrons. The molecule has 0 atom stereocenters. The van der Waals surface area contributed by atoms with Gasteiger partial charge >= 0.3 is 0 Å². The molecule has 1 rings (SSSR count). The Bertz CT molecular complexity index is 414. The fourth-order valence-electron chi connectivity index (χ4n) is 2.27. The van der Waals surface area contributed by atoms with Crippen molar-refractivity contribution in [3.8, 4) is 0 Å². The first-order valence-corrected chi connectivity index (χ1v) is 8.25. The molecule has 1 aromatic heterocycles. The van der Waals surface area contributed by atoms with Gasteiger partial charge in [0, 0.05) is 26.3 Å². The number of hydrogen-bond acceptors (Lipinski definition) is 3. The maximum Gasteiger partial charge on any atom is 0.169 e. The van der Waals surface area contributed by atoms with E-state index in [2.05, 4.69) is 41.0 Å². The van der Waals surface area contributed by atoms with Crippen LogP contribution in [0.25, 0.3) is 0 Å². The second-order valence-electron chi connectivity index (χ2n) is 5.11. The van der Waals surface area contributed by atoms with Crippen LogP contribution >= 0.6 is 12.2 Å². The van der Waals surface area contributed by atoms with Gasteiger partial charge in [0.2, 0.25) is 0 Å². The van der Waals surface area contributed by atoms with Crippen LogP contribution in [-0.2, 0) is 13.1 Å². The van der Waals surface area contributed by atoms with Crippen molar-refractivity contribution in [2.24, 2.45) is 0 Å². The van der Waals surface area contributed by atoms with Crippen molar-refractivity contribution < 1.29 is 0 Å². The Morgan fingerprint density at radius 1 is 1.33 bits per heavy atom. The molecule has 0 saturated heterocycles. The molecule has 0 amide bonds. The maximum atomic E-state index is 5.44. The van der Waals surface area contributed by atoms with Gasteiger partial charge in [0.05, 0.1) is 12.2 Å². The summed E-state index contributed by atoms with van der Waals surface area (Å²) in [5, 5.41) is 8.42. The van der Waals surface area contributed by atoms with E-state index in [1.807, 2.05) is 24.0 Å². The van der Waals surface area contributed by atoms with Crippen molar-refractivity contribution in [3.63, 3.8) is 0 Å². The predicted octanol–water partition coefficient (Wildman–Crippen LogP) is 1.94. The van der Waals surface area contributed by atoms with Gasteiger partial charge in [-0.3, -0.25) is 4.68 Å². The van der Waals surface area contributed by atoms with E-state index in [4.69, 9.17) is 12.2 Å². The fraction of sp³-hybridized carbons (Fsp3) is 0.733. The molecule has 0 aliphatic heterocycles. The molecule has 0 aliphatic rings. The van der Waals surface area contributed by atoms with Crippen molar-refractivity contribution in [2.75, 3.05) is 33.2 Å². The van der Waals surface area contributed by atoms with E-state index in [1.165, 1.54) is 5.69 Å². The lowest BCUT2D eigenvalue weighted by Crippen LogP contribution is -2.38. The topological polar surface area (TPSA) is 36.3 Å². The number of rotatable bonds is 9. The van der Waals surface area contributed by atoms with E-state index in [0.29, 0.717) is 0 Å². The van der Waals surface area contributed by atoms with Gasteiger partial charge in [0.25, 0.3) is 0 Å². The van der Waals surface area contributed by atoms with Crippen LogP contribution in [0, 0.1) is 0 Å². The molecular formula is C15H29N5S. The minimum absolute atomic E-state index is 0.787. The average Bonchev–Trinajstić information content (AvgIpc) is 2.94. The van der Waals surface area contributed by atoms with Crippen molar-refractivity contribution in [2.45, 2.75) is 40.3 Å². The van der Waals surface area contributed by atoms with E-state index in [1.54, 1.807) is 0 Å². The average molecular weight is 311 g/mol. The highest BCUT2D eigenvalue weighted by atomic mass is 32.1. The van der Waals surface area contributed by atoms with E-state index >= 15 is 0 Å². The summed E-state index contributed by atoms with van der Waals surface area (Å²) in [6, 6.07) is 2.04. The summed E-state index contributed by atoms with van der Waals surface area (Å²) < 4.78 is 2.00. The number of thiocarbonyl (C=S) groups is 1. The van der Waals surface area contributed by atoms with Crippen molar-refractivity contribution in [1.82, 2.24) is 24.9 Å². The Kier molecular flexibility index (Phi) is 8.30. The smallest absolute Gasteiger partial charge is 0.169 e. The van der Waals surface area contributed by atoms with Crippen LogP contribution in [0.15, 0.2) is 12.3 Å². The van der Waals surface area contributed by atoms with Gasteiger partial charge in [-0.1, -0.05) is 13.8 Å². The zero-order chi connectivity index (χ0) is 15.7. The van der Waals surface area contributed by atoms with Gasteiger partial charge < -0.3 is 15.1 Å². The number of aryl methyl sites for hydroxylation is 1. The summed E-state index contributed by atoms with van der Waals surface area (Å²) in [6.45, 7) is 12.4. The summed E-state index contributed by atoms with van der Waals surface area (Å²) >= 11 is 5.44. The zero-order valence-corrected chi connectivity index (χ0v) is 14.6. The van der Waals surface area contributed by atoms with Crippen LogP contribution in [0.5, 0.6) is 0 Å². The number of nitrogens with one attached hydrogen (secondary N) is 1. The molecule has 6 heteroatoms. The summed E-state index contributed by atoms with van der Waals surface area (Å²) in [7, 11) is 2.02. The van der Waals surface area contributed by atoms with Crippen molar-refractivity contribution in [1.29, 1.82) is 0 Å². The molecule has 5 nitrogen and oxygen atoms in total. The largest absolute Gasteiger partial charge is 0.363 e. The minimum atomic E-state index is 0.787. The van der Waals surface area contributed by atoms with Crippen molar-refractivity contribution in [3.05, 3.63) is 18.0 Å². The third kappa shape index (κ3) is 6.01. The Morgan fingerprint density at radius 2 is 2.05 bits per heavy atom. The van der Waals surface area contributed by atoms with Gasteiger partial charge in [-0.25, -0.2) is 0 Å². The second kappa shape index (κ2) is 9.73. The van der Waals surface area contributed by atoms with Crippen LogP contribution in [0.4, 0.5) is 0 Å². The van der Waals surface area contributed by atoms with Crippen molar-refractivity contribution >= 4 is 17.3 Å². The van der Waals surface area contributed by atoms with Gasteiger partial charge in [-0.05, 0) is 51.3 Å². The highest BCUT2D eigenvalue weighted by Gasteiger charge is 2.08. The quantitative estimate of drug-likeness (QED) is 0.557. The normalized spacial score (nSPS) is 10.9. The molecule has 0 spiro atoms. The van der Waals surface area contributed by atoms with Gasteiger partial charge in [0.1, 0.15) is 0 Å². The highest BCUT2D eigenvalue weighted by Crippen LogP contribution is 2.03. The molecule has 0 aliphatic carbocycles. The number of aromatic nitrogens is 2. The lowest BCUT2D eigenvalue weighted by Gasteiger charge is -2.22. The monoisotopic (exact) mass is 311 g/mol. The highest BCUT2D eigenvalue weighted by molar-refractivity contribution is 7.80. The Morgan fingerprint density at radius 3 is 2.67 bits per heavy atom. The standard InChI is InChI=1S/C15H29N5S/c1-5-19(6-2)12-8-10-16-15(21)18(4)13-14-9-11-17-20(14)7-3/h9,11H,5-8,10,12-13H2,1-4H3,(H,16,21). The lowest BCUT2D eigenvalue weighted by atomic mass is 10.3. The molecule has 0 aromatic carbocycles. The molecule has 1 heterocycles. The summed E-state index contributed by atoms with van der Waals surface area (Å²) in [4.78, 5) is 4.49. The number of nitrogens with zero attached hydrogens (tertiary/aromatic N) is 4. The van der Waals surface area contributed by atoms with Crippen LogP contribution in [0.1, 0.15) is 32.9 Å². The van der Waals surface area contributed by atoms with E-state index in [9.17, 15) is 0 Å². The van der Waals surface area contributed by atoms with Crippen LogP contribution in [0.3, 0.4) is 0 Å². The first kappa shape index (κ1) is 17.9. The van der Waals surface area contributed by atoms with Gasteiger partial charge in [-0.2, -0.15) is 5.10 Å². The Hall–Kier alpha value is -1.14. The molecule has 0 bridgehead atoms. The zero-order valence-electron chi connectivity index (χ0n) is 13.8. The lowest BCUT2D eigenvalue weighted by molar-refractivity contribution is 0.299. The third-order valence-electron chi connectivity index (χ3n) is 3.67. The molecule has 0 saturated carbocycles. The fourth-order valence-corrected chi connectivity index (χ4v) is 2.43.